The van der Waals surface area contributed by atoms with Crippen LogP contribution in [0.15, 0.2) is 24.3 Å². The van der Waals surface area contributed by atoms with Crippen molar-refractivity contribution in [2.75, 3.05) is 38.1 Å². The lowest BCUT2D eigenvalue weighted by atomic mass is 9.97. The molecule has 2 aliphatic heterocycles. The van der Waals surface area contributed by atoms with Crippen molar-refractivity contribution in [3.63, 3.8) is 0 Å². The van der Waals surface area contributed by atoms with Crippen LogP contribution in [0.3, 0.4) is 0 Å². The Balaban J connectivity index is 1.43. The minimum Gasteiger partial charge on any atom is -0.466 e. The third-order valence-electron chi connectivity index (χ3n) is 6.22. The van der Waals surface area contributed by atoms with Crippen LogP contribution in [-0.4, -0.2) is 72.6 Å². The van der Waals surface area contributed by atoms with Crippen molar-refractivity contribution in [2.45, 2.75) is 51.6 Å². The van der Waals surface area contributed by atoms with Crippen LogP contribution in [0.1, 0.15) is 39.5 Å². The molecule has 0 radical (unpaired) electrons. The highest BCUT2D eigenvalue weighted by atomic mass is 19.1. The summed E-state index contributed by atoms with van der Waals surface area (Å²) < 4.78 is 18.1. The van der Waals surface area contributed by atoms with Crippen molar-refractivity contribution >= 4 is 23.6 Å². The van der Waals surface area contributed by atoms with Crippen LogP contribution in [0.2, 0.25) is 0 Å². The Bertz CT molecular complexity index is 796. The molecule has 3 rings (SSSR count). The Morgan fingerprint density at radius 1 is 1.12 bits per heavy atom. The number of anilines is 1. The van der Waals surface area contributed by atoms with Gasteiger partial charge >= 0.3 is 12.0 Å². The van der Waals surface area contributed by atoms with Gasteiger partial charge in [0.05, 0.1) is 18.6 Å². The molecule has 0 spiro atoms. The lowest BCUT2D eigenvalue weighted by Gasteiger charge is -2.39. The molecule has 1 aromatic carbocycles. The van der Waals surface area contributed by atoms with E-state index in [1.165, 1.54) is 24.3 Å². The van der Waals surface area contributed by atoms with Crippen LogP contribution in [-0.2, 0) is 14.3 Å². The van der Waals surface area contributed by atoms with Gasteiger partial charge in [-0.1, -0.05) is 0 Å². The van der Waals surface area contributed by atoms with Gasteiger partial charge in [0, 0.05) is 37.9 Å². The molecular formula is C23H33FN4O4. The molecule has 2 N–H and O–H groups in total. The van der Waals surface area contributed by atoms with Gasteiger partial charge in [-0.25, -0.2) is 9.18 Å². The molecule has 8 nitrogen and oxygen atoms in total. The summed E-state index contributed by atoms with van der Waals surface area (Å²) >= 11 is 0. The van der Waals surface area contributed by atoms with Gasteiger partial charge in [0.25, 0.3) is 0 Å². The number of benzene rings is 1. The predicted octanol–water partition coefficient (Wildman–Crippen LogP) is 2.60. The summed E-state index contributed by atoms with van der Waals surface area (Å²) in [4.78, 5) is 41.2. The SMILES string of the molecule is CCOC(=O)[C@@H]1CCCN(C(=O)[C@H](C)N2CCC(NC(=O)Nc3ccc(F)cc3)CC2)C1. The van der Waals surface area contributed by atoms with Crippen LogP contribution in [0, 0.1) is 11.7 Å². The van der Waals surface area contributed by atoms with E-state index < -0.39 is 0 Å². The maximum absolute atomic E-state index is 13.0. The van der Waals surface area contributed by atoms with E-state index in [4.69, 9.17) is 4.74 Å². The summed E-state index contributed by atoms with van der Waals surface area (Å²) in [7, 11) is 0. The molecule has 32 heavy (non-hydrogen) atoms. The number of nitrogens with one attached hydrogen (secondary N) is 2. The van der Waals surface area contributed by atoms with Gasteiger partial charge in [-0.2, -0.15) is 0 Å². The fourth-order valence-corrected chi connectivity index (χ4v) is 4.37. The summed E-state index contributed by atoms with van der Waals surface area (Å²) in [5.41, 5.74) is 0.531. The summed E-state index contributed by atoms with van der Waals surface area (Å²) in [5, 5.41) is 5.65. The fraction of sp³-hybridized carbons (Fsp3) is 0.609. The van der Waals surface area contributed by atoms with Crippen LogP contribution in [0.5, 0.6) is 0 Å². The lowest BCUT2D eigenvalue weighted by molar-refractivity contribution is -0.152. The Labute approximate surface area is 188 Å². The van der Waals surface area contributed by atoms with Crippen molar-refractivity contribution in [3.8, 4) is 0 Å². The average Bonchev–Trinajstić information content (AvgIpc) is 2.80. The first kappa shape index (κ1) is 24.0. The summed E-state index contributed by atoms with van der Waals surface area (Å²) in [6.07, 6.45) is 3.03. The maximum atomic E-state index is 13.0. The second-order valence-electron chi connectivity index (χ2n) is 8.47. The molecule has 2 atom stereocenters. The smallest absolute Gasteiger partial charge is 0.319 e. The van der Waals surface area contributed by atoms with E-state index in [1.54, 1.807) is 11.8 Å². The van der Waals surface area contributed by atoms with Gasteiger partial charge in [-0.15, -0.1) is 0 Å². The summed E-state index contributed by atoms with van der Waals surface area (Å²) in [6.45, 7) is 6.53. The van der Waals surface area contributed by atoms with Crippen molar-refractivity contribution < 1.29 is 23.5 Å². The standard InChI is InChI=1S/C23H33FN4O4/c1-3-32-22(30)17-5-4-12-28(15-17)21(29)16(2)27-13-10-20(11-14-27)26-23(31)25-19-8-6-18(24)7-9-19/h6-9,16-17,20H,3-5,10-15H2,1-2H3,(H2,25,26,31)/t16-,17+/m0/s1. The number of hydrogen-bond acceptors (Lipinski definition) is 5. The van der Waals surface area contributed by atoms with Gasteiger partial charge in [0.15, 0.2) is 0 Å². The van der Waals surface area contributed by atoms with Gasteiger partial charge in [0.1, 0.15) is 5.82 Å². The second kappa shape index (κ2) is 11.3. The number of urea groups is 1. The van der Waals surface area contributed by atoms with E-state index in [0.29, 0.717) is 38.5 Å². The maximum Gasteiger partial charge on any atom is 0.319 e. The van der Waals surface area contributed by atoms with E-state index in [2.05, 4.69) is 15.5 Å². The number of ether oxygens (including phenoxy) is 1. The van der Waals surface area contributed by atoms with Gasteiger partial charge in [-0.3, -0.25) is 14.5 Å². The number of halogens is 1. The highest BCUT2D eigenvalue weighted by molar-refractivity contribution is 5.89. The van der Waals surface area contributed by atoms with E-state index in [9.17, 15) is 18.8 Å². The Kier molecular flexibility index (Phi) is 8.44. The first-order chi connectivity index (χ1) is 15.4. The van der Waals surface area contributed by atoms with E-state index >= 15 is 0 Å². The normalized spacial score (nSPS) is 21.0. The molecular weight excluding hydrogens is 415 g/mol. The number of esters is 1. The zero-order valence-electron chi connectivity index (χ0n) is 18.8. The van der Waals surface area contributed by atoms with Crippen LogP contribution < -0.4 is 10.6 Å². The molecule has 9 heteroatoms. The van der Waals surface area contributed by atoms with E-state index in [0.717, 1.165) is 25.7 Å². The molecule has 0 aromatic heterocycles. The van der Waals surface area contributed by atoms with E-state index in [1.807, 2.05) is 6.92 Å². The summed E-state index contributed by atoms with van der Waals surface area (Å²) in [5.74, 6) is -0.773. The Morgan fingerprint density at radius 3 is 2.47 bits per heavy atom. The zero-order chi connectivity index (χ0) is 23.1. The number of amides is 3. The minimum absolute atomic E-state index is 0.0113. The topological polar surface area (TPSA) is 91.0 Å². The molecule has 176 valence electrons. The molecule has 0 saturated carbocycles. The number of carbonyl (C=O) groups is 3. The van der Waals surface area contributed by atoms with Crippen LogP contribution >= 0.6 is 0 Å². The number of hydrogen-bond donors (Lipinski definition) is 2. The van der Waals surface area contributed by atoms with Crippen LogP contribution in [0.25, 0.3) is 0 Å². The Hall–Kier alpha value is -2.68. The molecule has 2 heterocycles. The third kappa shape index (κ3) is 6.41. The van der Waals surface area contributed by atoms with Gasteiger partial charge in [0.2, 0.25) is 5.91 Å². The van der Waals surface area contributed by atoms with Crippen molar-refractivity contribution in [1.82, 2.24) is 15.1 Å². The first-order valence-electron chi connectivity index (χ1n) is 11.4. The second-order valence-corrected chi connectivity index (χ2v) is 8.47. The highest BCUT2D eigenvalue weighted by Crippen LogP contribution is 2.21. The number of nitrogens with zero attached hydrogens (tertiary/aromatic N) is 2. The quantitative estimate of drug-likeness (QED) is 0.653. The zero-order valence-corrected chi connectivity index (χ0v) is 18.8. The van der Waals surface area contributed by atoms with Crippen LogP contribution in [0.4, 0.5) is 14.9 Å². The predicted molar refractivity (Wildman–Crippen MR) is 119 cm³/mol. The van der Waals surface area contributed by atoms with Crippen molar-refractivity contribution in [3.05, 3.63) is 30.1 Å². The van der Waals surface area contributed by atoms with E-state index in [-0.39, 0.29) is 41.7 Å². The minimum atomic E-state index is -0.354. The lowest BCUT2D eigenvalue weighted by Crippen LogP contribution is -2.54. The third-order valence-corrected chi connectivity index (χ3v) is 6.22. The van der Waals surface area contributed by atoms with Crippen molar-refractivity contribution in [1.29, 1.82) is 0 Å². The first-order valence-corrected chi connectivity index (χ1v) is 11.4. The number of piperidine rings is 2. The molecule has 2 aliphatic rings. The summed E-state index contributed by atoms with van der Waals surface area (Å²) in [6, 6.07) is 5.03. The number of likely N-dealkylation sites (tertiary alicyclic amines) is 2. The Morgan fingerprint density at radius 2 is 1.81 bits per heavy atom. The number of carbonyl (C=O) groups excluding carboxylic acids is 3. The monoisotopic (exact) mass is 448 g/mol. The molecule has 1 aromatic rings. The fourth-order valence-electron chi connectivity index (χ4n) is 4.37. The molecule has 2 saturated heterocycles. The van der Waals surface area contributed by atoms with Crippen molar-refractivity contribution in [2.24, 2.45) is 5.92 Å². The molecule has 0 bridgehead atoms. The molecule has 0 unspecified atom stereocenters. The number of rotatable bonds is 6. The van der Waals surface area contributed by atoms with Gasteiger partial charge in [-0.05, 0) is 63.8 Å². The highest BCUT2D eigenvalue weighted by Gasteiger charge is 2.34. The molecule has 0 aliphatic carbocycles. The molecule has 3 amide bonds. The van der Waals surface area contributed by atoms with Gasteiger partial charge < -0.3 is 20.3 Å². The average molecular weight is 449 g/mol. The largest absolute Gasteiger partial charge is 0.466 e. The molecule has 2 fully saturated rings.